The second kappa shape index (κ2) is 11.9. The molecule has 2 amide bonds. The molecule has 33 heavy (non-hydrogen) atoms. The first kappa shape index (κ1) is 24.1. The van der Waals surface area contributed by atoms with Crippen LogP contribution in [0, 0.1) is 0 Å². The summed E-state index contributed by atoms with van der Waals surface area (Å²) in [4.78, 5) is 39.4. The van der Waals surface area contributed by atoms with Gasteiger partial charge in [-0.15, -0.1) is 0 Å². The molecule has 8 nitrogen and oxygen atoms in total. The van der Waals surface area contributed by atoms with E-state index >= 15 is 0 Å². The number of hydrogen-bond donors (Lipinski definition) is 1. The minimum atomic E-state index is -0.937. The molecule has 0 aliphatic carbocycles. The van der Waals surface area contributed by atoms with E-state index in [-0.39, 0.29) is 37.6 Å². The highest BCUT2D eigenvalue weighted by atomic mass is 16.6. The number of ether oxygens (including phenoxy) is 3. The van der Waals surface area contributed by atoms with Crippen LogP contribution < -0.4 is 14.8 Å². The van der Waals surface area contributed by atoms with Gasteiger partial charge >= 0.3 is 5.97 Å². The van der Waals surface area contributed by atoms with E-state index in [4.69, 9.17) is 14.2 Å². The Labute approximate surface area is 193 Å². The Hall–Kier alpha value is -3.55. The minimum Gasteiger partial charge on any atom is -0.491 e. The van der Waals surface area contributed by atoms with Crippen LogP contribution in [-0.4, -0.2) is 61.1 Å². The van der Waals surface area contributed by atoms with E-state index in [0.29, 0.717) is 30.2 Å². The lowest BCUT2D eigenvalue weighted by molar-refractivity contribution is -0.148. The summed E-state index contributed by atoms with van der Waals surface area (Å²) in [6.45, 7) is 4.84. The molecule has 1 heterocycles. The van der Waals surface area contributed by atoms with Gasteiger partial charge in [-0.1, -0.05) is 31.2 Å². The topological polar surface area (TPSA) is 94.2 Å². The number of piperazine rings is 1. The van der Waals surface area contributed by atoms with Crippen LogP contribution in [0.25, 0.3) is 0 Å². The molecule has 1 fully saturated rings. The van der Waals surface area contributed by atoms with Crippen molar-refractivity contribution in [3.8, 4) is 11.5 Å². The first-order chi connectivity index (χ1) is 16.0. The summed E-state index contributed by atoms with van der Waals surface area (Å²) in [6.07, 6.45) is 0.626. The molecule has 2 aromatic rings. The highest BCUT2D eigenvalue weighted by molar-refractivity contribution is 5.99. The second-order valence-electron chi connectivity index (χ2n) is 7.76. The van der Waals surface area contributed by atoms with Gasteiger partial charge in [-0.25, -0.2) is 0 Å². The summed E-state index contributed by atoms with van der Waals surface area (Å²) < 4.78 is 16.5. The van der Waals surface area contributed by atoms with Crippen molar-refractivity contribution in [1.82, 2.24) is 10.2 Å². The predicted molar refractivity (Wildman–Crippen MR) is 122 cm³/mol. The maximum absolute atomic E-state index is 13.2. The fourth-order valence-corrected chi connectivity index (χ4v) is 3.39. The van der Waals surface area contributed by atoms with Crippen LogP contribution in [0.1, 0.15) is 37.0 Å². The number of carbonyl (C=O) groups excluding carboxylic acids is 3. The zero-order valence-corrected chi connectivity index (χ0v) is 19.0. The van der Waals surface area contributed by atoms with Gasteiger partial charge in [-0.05, 0) is 43.7 Å². The SMILES string of the molecule is CCC(C)Oc1cccc(C(=O)N2CCNC(=O)C2CC(=O)OCCOc2ccccc2)c1. The quantitative estimate of drug-likeness (QED) is 0.438. The van der Waals surface area contributed by atoms with E-state index < -0.39 is 12.0 Å². The van der Waals surface area contributed by atoms with Gasteiger partial charge in [0, 0.05) is 18.7 Å². The third-order valence-electron chi connectivity index (χ3n) is 5.30. The van der Waals surface area contributed by atoms with E-state index in [1.54, 1.807) is 36.4 Å². The summed E-state index contributed by atoms with van der Waals surface area (Å²) in [5.41, 5.74) is 0.403. The molecule has 2 aromatic carbocycles. The maximum Gasteiger partial charge on any atom is 0.308 e. The molecule has 2 unspecified atom stereocenters. The average Bonchev–Trinajstić information content (AvgIpc) is 2.83. The van der Waals surface area contributed by atoms with Crippen LogP contribution in [-0.2, 0) is 14.3 Å². The molecular weight excluding hydrogens is 424 g/mol. The molecule has 1 saturated heterocycles. The minimum absolute atomic E-state index is 0.0181. The summed E-state index contributed by atoms with van der Waals surface area (Å²) >= 11 is 0. The van der Waals surface area contributed by atoms with Crippen molar-refractivity contribution in [2.24, 2.45) is 0 Å². The van der Waals surface area contributed by atoms with Crippen LogP contribution in [0.2, 0.25) is 0 Å². The lowest BCUT2D eigenvalue weighted by Crippen LogP contribution is -2.57. The zero-order chi connectivity index (χ0) is 23.6. The molecule has 0 saturated carbocycles. The van der Waals surface area contributed by atoms with E-state index in [9.17, 15) is 14.4 Å². The number of carbonyl (C=O) groups is 3. The van der Waals surface area contributed by atoms with Crippen molar-refractivity contribution in [2.75, 3.05) is 26.3 Å². The molecule has 0 aromatic heterocycles. The van der Waals surface area contributed by atoms with E-state index in [2.05, 4.69) is 5.32 Å². The molecule has 8 heteroatoms. The van der Waals surface area contributed by atoms with Crippen LogP contribution in [0.3, 0.4) is 0 Å². The Bertz CT molecular complexity index is 949. The lowest BCUT2D eigenvalue weighted by atomic mass is 10.1. The summed E-state index contributed by atoms with van der Waals surface area (Å²) in [7, 11) is 0. The third-order valence-corrected chi connectivity index (χ3v) is 5.30. The number of rotatable bonds is 10. The Balaban J connectivity index is 1.58. The Kier molecular flexibility index (Phi) is 8.69. The fraction of sp³-hybridized carbons (Fsp3) is 0.400. The van der Waals surface area contributed by atoms with Gasteiger partial charge in [0.2, 0.25) is 5.91 Å². The first-order valence-corrected chi connectivity index (χ1v) is 11.2. The fourth-order valence-electron chi connectivity index (χ4n) is 3.39. The molecular formula is C25H30N2O6. The highest BCUT2D eigenvalue weighted by Crippen LogP contribution is 2.20. The van der Waals surface area contributed by atoms with Crippen molar-refractivity contribution in [3.63, 3.8) is 0 Å². The van der Waals surface area contributed by atoms with Crippen LogP contribution >= 0.6 is 0 Å². The van der Waals surface area contributed by atoms with Gasteiger partial charge in [-0.3, -0.25) is 14.4 Å². The number of esters is 1. The van der Waals surface area contributed by atoms with E-state index in [1.807, 2.05) is 32.0 Å². The molecule has 1 aliphatic rings. The normalized spacial score (nSPS) is 16.5. The Morgan fingerprint density at radius 1 is 1.09 bits per heavy atom. The van der Waals surface area contributed by atoms with Gasteiger partial charge in [0.05, 0.1) is 12.5 Å². The van der Waals surface area contributed by atoms with Crippen molar-refractivity contribution in [2.45, 2.75) is 38.8 Å². The lowest BCUT2D eigenvalue weighted by Gasteiger charge is -2.34. The summed E-state index contributed by atoms with van der Waals surface area (Å²) in [5, 5.41) is 2.72. The zero-order valence-electron chi connectivity index (χ0n) is 19.0. The smallest absolute Gasteiger partial charge is 0.308 e. The second-order valence-corrected chi connectivity index (χ2v) is 7.76. The molecule has 2 atom stereocenters. The molecule has 0 bridgehead atoms. The molecule has 0 radical (unpaired) electrons. The van der Waals surface area contributed by atoms with Crippen molar-refractivity contribution in [3.05, 3.63) is 60.2 Å². The number of benzene rings is 2. The molecule has 1 aliphatic heterocycles. The van der Waals surface area contributed by atoms with Gasteiger partial charge in [0.1, 0.15) is 30.8 Å². The first-order valence-electron chi connectivity index (χ1n) is 11.2. The standard InChI is InChI=1S/C25H30N2O6/c1-3-18(2)33-21-11-7-8-19(16-21)25(30)27-13-12-26-24(29)22(27)17-23(28)32-15-14-31-20-9-5-4-6-10-20/h4-11,16,18,22H,3,12-15,17H2,1-2H3,(H,26,29). The largest absolute Gasteiger partial charge is 0.491 e. The number of amides is 2. The number of hydrogen-bond acceptors (Lipinski definition) is 6. The average molecular weight is 455 g/mol. The highest BCUT2D eigenvalue weighted by Gasteiger charge is 2.35. The number of nitrogens with one attached hydrogen (secondary N) is 1. The molecule has 1 N–H and O–H groups in total. The van der Waals surface area contributed by atoms with Crippen LogP contribution in [0.5, 0.6) is 11.5 Å². The van der Waals surface area contributed by atoms with Gasteiger partial charge < -0.3 is 24.4 Å². The van der Waals surface area contributed by atoms with Gasteiger partial charge in [-0.2, -0.15) is 0 Å². The van der Waals surface area contributed by atoms with Crippen LogP contribution in [0.15, 0.2) is 54.6 Å². The van der Waals surface area contributed by atoms with Crippen molar-refractivity contribution < 1.29 is 28.6 Å². The Morgan fingerprint density at radius 2 is 1.85 bits per heavy atom. The van der Waals surface area contributed by atoms with Crippen molar-refractivity contribution in [1.29, 1.82) is 0 Å². The number of nitrogens with zero attached hydrogens (tertiary/aromatic N) is 1. The monoisotopic (exact) mass is 454 g/mol. The molecule has 176 valence electrons. The molecule has 0 spiro atoms. The van der Waals surface area contributed by atoms with Gasteiger partial charge in [0.15, 0.2) is 0 Å². The summed E-state index contributed by atoms with van der Waals surface area (Å²) in [5.74, 6) is -0.00770. The van der Waals surface area contributed by atoms with Crippen LogP contribution in [0.4, 0.5) is 0 Å². The molecule has 3 rings (SSSR count). The van der Waals surface area contributed by atoms with Gasteiger partial charge in [0.25, 0.3) is 5.91 Å². The summed E-state index contributed by atoms with van der Waals surface area (Å²) in [6, 6.07) is 15.1. The Morgan fingerprint density at radius 3 is 2.61 bits per heavy atom. The maximum atomic E-state index is 13.2. The van der Waals surface area contributed by atoms with E-state index in [1.165, 1.54) is 4.90 Å². The van der Waals surface area contributed by atoms with E-state index in [0.717, 1.165) is 6.42 Å². The van der Waals surface area contributed by atoms with Crippen molar-refractivity contribution >= 4 is 17.8 Å². The third kappa shape index (κ3) is 6.97. The number of para-hydroxylation sites is 1. The predicted octanol–water partition coefficient (Wildman–Crippen LogP) is 2.82.